The fourth-order valence-electron chi connectivity index (χ4n) is 2.84. The second-order valence-corrected chi connectivity index (χ2v) is 6.09. The third-order valence-corrected chi connectivity index (χ3v) is 4.05. The number of aromatic nitrogens is 3. The Morgan fingerprint density at radius 1 is 1.22 bits per heavy atom. The van der Waals surface area contributed by atoms with E-state index in [1.54, 1.807) is 0 Å². The number of fused-ring (bicyclic) bond motifs is 1. The molecule has 3 aromatic rings. The summed E-state index contributed by atoms with van der Waals surface area (Å²) in [5.74, 6) is 2.13. The summed E-state index contributed by atoms with van der Waals surface area (Å²) in [4.78, 5) is 8.85. The first-order valence-electron chi connectivity index (χ1n) is 9.11. The molecule has 0 saturated carbocycles. The molecule has 0 bridgehead atoms. The van der Waals surface area contributed by atoms with E-state index in [1.165, 1.54) is 10.9 Å². The number of halogens is 1. The lowest BCUT2D eigenvalue weighted by atomic mass is 10.2. The second kappa shape index (κ2) is 10.9. The van der Waals surface area contributed by atoms with E-state index in [2.05, 4.69) is 73.8 Å². The Morgan fingerprint density at radius 2 is 2.07 bits per heavy atom. The number of nitrogens with one attached hydrogen (secondary N) is 2. The molecular weight excluding hydrogens is 455 g/mol. The molecule has 0 saturated heterocycles. The SMILES string of the molecule is CCNC(=NCCCn1ccc2ccccc21)NCCc1nc(C)no1.I. The normalized spacial score (nSPS) is 11.4. The first kappa shape index (κ1) is 21.2. The summed E-state index contributed by atoms with van der Waals surface area (Å²) < 4.78 is 7.40. The van der Waals surface area contributed by atoms with Crippen LogP contribution in [0, 0.1) is 6.92 Å². The van der Waals surface area contributed by atoms with Crippen molar-refractivity contribution in [3.8, 4) is 0 Å². The van der Waals surface area contributed by atoms with Gasteiger partial charge in [0.2, 0.25) is 5.89 Å². The smallest absolute Gasteiger partial charge is 0.228 e. The predicted octanol–water partition coefficient (Wildman–Crippen LogP) is 3.14. The minimum Gasteiger partial charge on any atom is -0.357 e. The molecule has 0 atom stereocenters. The van der Waals surface area contributed by atoms with Crippen LogP contribution in [0.3, 0.4) is 0 Å². The van der Waals surface area contributed by atoms with Crippen LogP contribution < -0.4 is 10.6 Å². The molecule has 1 aromatic carbocycles. The van der Waals surface area contributed by atoms with Crippen molar-refractivity contribution in [2.75, 3.05) is 19.6 Å². The average molecular weight is 482 g/mol. The number of para-hydroxylation sites is 1. The molecule has 0 aliphatic heterocycles. The standard InChI is InChI=1S/C19H26N6O.HI/c1-3-20-19(22-12-9-18-23-15(2)24-26-18)21-11-6-13-25-14-10-16-7-4-5-8-17(16)25;/h4-5,7-8,10,14H,3,6,9,11-13H2,1-2H3,(H2,20,21,22);1H. The predicted molar refractivity (Wildman–Crippen MR) is 119 cm³/mol. The lowest BCUT2D eigenvalue weighted by molar-refractivity contribution is 0.374. The monoisotopic (exact) mass is 482 g/mol. The van der Waals surface area contributed by atoms with E-state index in [0.29, 0.717) is 24.7 Å². The van der Waals surface area contributed by atoms with Crippen LogP contribution in [0.5, 0.6) is 0 Å². The molecule has 0 aliphatic rings. The van der Waals surface area contributed by atoms with Crippen LogP contribution in [-0.2, 0) is 13.0 Å². The minimum atomic E-state index is 0. The van der Waals surface area contributed by atoms with E-state index in [0.717, 1.165) is 32.0 Å². The highest BCUT2D eigenvalue weighted by Crippen LogP contribution is 2.15. The van der Waals surface area contributed by atoms with Crippen molar-refractivity contribution >= 4 is 40.8 Å². The van der Waals surface area contributed by atoms with E-state index in [4.69, 9.17) is 4.52 Å². The van der Waals surface area contributed by atoms with Gasteiger partial charge < -0.3 is 19.7 Å². The van der Waals surface area contributed by atoms with E-state index in [-0.39, 0.29) is 24.0 Å². The van der Waals surface area contributed by atoms with Gasteiger partial charge in [0.05, 0.1) is 0 Å². The summed E-state index contributed by atoms with van der Waals surface area (Å²) in [6.45, 7) is 7.13. The van der Waals surface area contributed by atoms with Crippen LogP contribution >= 0.6 is 24.0 Å². The number of benzene rings is 1. The Labute approximate surface area is 176 Å². The summed E-state index contributed by atoms with van der Waals surface area (Å²) in [5.41, 5.74) is 1.27. The van der Waals surface area contributed by atoms with Crippen LogP contribution in [0.4, 0.5) is 0 Å². The maximum Gasteiger partial charge on any atom is 0.228 e. The maximum atomic E-state index is 5.12. The van der Waals surface area contributed by atoms with Gasteiger partial charge in [-0.15, -0.1) is 24.0 Å². The molecule has 27 heavy (non-hydrogen) atoms. The Morgan fingerprint density at radius 3 is 2.85 bits per heavy atom. The molecule has 0 amide bonds. The summed E-state index contributed by atoms with van der Waals surface area (Å²) in [6.07, 6.45) is 3.81. The van der Waals surface area contributed by atoms with Crippen LogP contribution in [0.25, 0.3) is 10.9 Å². The summed E-state index contributed by atoms with van der Waals surface area (Å²) in [5, 5.41) is 11.6. The molecule has 8 heteroatoms. The van der Waals surface area contributed by atoms with Crippen molar-refractivity contribution in [2.24, 2.45) is 4.99 Å². The molecule has 0 aliphatic carbocycles. The summed E-state index contributed by atoms with van der Waals surface area (Å²) in [6, 6.07) is 10.6. The van der Waals surface area contributed by atoms with Gasteiger partial charge in [-0.3, -0.25) is 4.99 Å². The lowest BCUT2D eigenvalue weighted by Gasteiger charge is -2.10. The van der Waals surface area contributed by atoms with E-state index in [9.17, 15) is 0 Å². The lowest BCUT2D eigenvalue weighted by Crippen LogP contribution is -2.38. The van der Waals surface area contributed by atoms with Gasteiger partial charge >= 0.3 is 0 Å². The molecule has 2 heterocycles. The molecule has 2 aromatic heterocycles. The number of rotatable bonds is 8. The molecule has 0 spiro atoms. The highest BCUT2D eigenvalue weighted by Gasteiger charge is 2.03. The van der Waals surface area contributed by atoms with Crippen LogP contribution in [0.2, 0.25) is 0 Å². The van der Waals surface area contributed by atoms with Gasteiger partial charge in [0.1, 0.15) is 0 Å². The van der Waals surface area contributed by atoms with E-state index >= 15 is 0 Å². The highest BCUT2D eigenvalue weighted by molar-refractivity contribution is 14.0. The third kappa shape index (κ3) is 6.23. The maximum absolute atomic E-state index is 5.12. The number of hydrogen-bond donors (Lipinski definition) is 2. The molecule has 0 unspecified atom stereocenters. The Kier molecular flexibility index (Phi) is 8.56. The average Bonchev–Trinajstić information content (AvgIpc) is 3.25. The molecule has 146 valence electrons. The number of nitrogens with zero attached hydrogens (tertiary/aromatic N) is 4. The molecular formula is C19H27IN6O. The van der Waals surface area contributed by atoms with Crippen molar-refractivity contribution in [3.63, 3.8) is 0 Å². The zero-order valence-corrected chi connectivity index (χ0v) is 18.1. The zero-order valence-electron chi connectivity index (χ0n) is 15.8. The fraction of sp³-hybridized carbons (Fsp3) is 0.421. The second-order valence-electron chi connectivity index (χ2n) is 6.09. The topological polar surface area (TPSA) is 80.3 Å². The molecule has 2 N–H and O–H groups in total. The first-order valence-corrected chi connectivity index (χ1v) is 9.11. The van der Waals surface area contributed by atoms with Crippen molar-refractivity contribution in [2.45, 2.75) is 33.2 Å². The fourth-order valence-corrected chi connectivity index (χ4v) is 2.84. The van der Waals surface area contributed by atoms with Gasteiger partial charge in [-0.05, 0) is 37.8 Å². The first-order chi connectivity index (χ1) is 12.8. The van der Waals surface area contributed by atoms with Crippen LogP contribution in [0.15, 0.2) is 46.0 Å². The number of aryl methyl sites for hydroxylation is 2. The van der Waals surface area contributed by atoms with Gasteiger partial charge in [-0.2, -0.15) is 4.98 Å². The molecule has 0 fully saturated rings. The van der Waals surface area contributed by atoms with Crippen molar-refractivity contribution in [1.82, 2.24) is 25.3 Å². The van der Waals surface area contributed by atoms with Crippen molar-refractivity contribution < 1.29 is 4.52 Å². The van der Waals surface area contributed by atoms with Gasteiger partial charge in [0.25, 0.3) is 0 Å². The van der Waals surface area contributed by atoms with E-state index < -0.39 is 0 Å². The van der Waals surface area contributed by atoms with Gasteiger partial charge in [0.15, 0.2) is 11.8 Å². The van der Waals surface area contributed by atoms with E-state index in [1.807, 2.05) is 6.92 Å². The Balaban J connectivity index is 0.00000261. The molecule has 7 nitrogen and oxygen atoms in total. The highest BCUT2D eigenvalue weighted by atomic mass is 127. The number of hydrogen-bond acceptors (Lipinski definition) is 4. The zero-order chi connectivity index (χ0) is 18.2. The van der Waals surface area contributed by atoms with Gasteiger partial charge in [-0.1, -0.05) is 23.4 Å². The summed E-state index contributed by atoms with van der Waals surface area (Å²) >= 11 is 0. The summed E-state index contributed by atoms with van der Waals surface area (Å²) in [7, 11) is 0. The third-order valence-electron chi connectivity index (χ3n) is 4.05. The Bertz CT molecular complexity index is 857. The number of guanidine groups is 1. The van der Waals surface area contributed by atoms with Crippen LogP contribution in [0.1, 0.15) is 25.1 Å². The van der Waals surface area contributed by atoms with Crippen LogP contribution in [-0.4, -0.2) is 40.3 Å². The number of aliphatic imine (C=N–C) groups is 1. The largest absolute Gasteiger partial charge is 0.357 e. The van der Waals surface area contributed by atoms with Gasteiger partial charge in [0, 0.05) is 44.3 Å². The van der Waals surface area contributed by atoms with Crippen molar-refractivity contribution in [1.29, 1.82) is 0 Å². The Hall–Kier alpha value is -2.10. The molecule has 3 rings (SSSR count). The minimum absolute atomic E-state index is 0. The molecule has 0 radical (unpaired) electrons. The van der Waals surface area contributed by atoms with Gasteiger partial charge in [-0.25, -0.2) is 0 Å². The van der Waals surface area contributed by atoms with Crippen molar-refractivity contribution in [3.05, 3.63) is 48.2 Å². The quantitative estimate of drug-likeness (QED) is 0.223.